The van der Waals surface area contributed by atoms with Gasteiger partial charge in [-0.3, -0.25) is 23.9 Å². The van der Waals surface area contributed by atoms with E-state index >= 15 is 0 Å². The third-order valence-corrected chi connectivity index (χ3v) is 6.77. The maximum Gasteiger partial charge on any atom is 0.330 e. The number of rotatable bonds is 3. The third kappa shape index (κ3) is 4.14. The molecule has 6 atom stereocenters. The smallest absolute Gasteiger partial charge is 0.330 e. The first kappa shape index (κ1) is 24.2. The van der Waals surface area contributed by atoms with Crippen LogP contribution in [-0.2, 0) is 23.8 Å². The van der Waals surface area contributed by atoms with E-state index in [1.54, 1.807) is 27.7 Å². The SMILES string of the molecule is CC(=O)OC1[C@H](n2cc(C)c(=O)[nH]c2=O)OC2(C(C)CCC[C@@H]2OC(=O)C(C)(C)C)[C@@H]1C. The fourth-order valence-electron chi connectivity index (χ4n) is 5.00. The molecule has 0 radical (unpaired) electrons. The van der Waals surface area contributed by atoms with Gasteiger partial charge in [0.15, 0.2) is 12.3 Å². The number of carbonyl (C=O) groups excluding carboxylic acids is 2. The first-order valence-electron chi connectivity index (χ1n) is 11.2. The Morgan fingerprint density at radius 3 is 2.44 bits per heavy atom. The second-order valence-electron chi connectivity index (χ2n) is 10.2. The zero-order valence-electron chi connectivity index (χ0n) is 19.9. The highest BCUT2D eigenvalue weighted by Gasteiger charge is 2.63. The molecule has 1 N–H and O–H groups in total. The van der Waals surface area contributed by atoms with Crippen LogP contribution >= 0.6 is 0 Å². The molecule has 0 aromatic carbocycles. The van der Waals surface area contributed by atoms with Gasteiger partial charge in [0.2, 0.25) is 0 Å². The predicted molar refractivity (Wildman–Crippen MR) is 116 cm³/mol. The minimum Gasteiger partial charge on any atom is -0.459 e. The summed E-state index contributed by atoms with van der Waals surface area (Å²) in [5.74, 6) is -1.24. The number of hydrogen-bond donors (Lipinski definition) is 1. The summed E-state index contributed by atoms with van der Waals surface area (Å²) in [4.78, 5) is 51.6. The van der Waals surface area contributed by atoms with Crippen LogP contribution in [-0.4, -0.2) is 39.3 Å². The average molecular weight is 451 g/mol. The van der Waals surface area contributed by atoms with Crippen LogP contribution in [0, 0.1) is 24.2 Å². The largest absolute Gasteiger partial charge is 0.459 e. The van der Waals surface area contributed by atoms with Crippen LogP contribution in [0.25, 0.3) is 0 Å². The van der Waals surface area contributed by atoms with Crippen molar-refractivity contribution in [3.05, 3.63) is 32.6 Å². The Kier molecular flexibility index (Phi) is 6.43. The lowest BCUT2D eigenvalue weighted by molar-refractivity contribution is -0.214. The van der Waals surface area contributed by atoms with Crippen molar-refractivity contribution in [3.63, 3.8) is 0 Å². The second kappa shape index (κ2) is 8.50. The molecule has 32 heavy (non-hydrogen) atoms. The zero-order valence-corrected chi connectivity index (χ0v) is 19.9. The average Bonchev–Trinajstić information content (AvgIpc) is 2.95. The van der Waals surface area contributed by atoms with Gasteiger partial charge in [-0.25, -0.2) is 4.79 Å². The van der Waals surface area contributed by atoms with Crippen molar-refractivity contribution in [2.75, 3.05) is 0 Å². The topological polar surface area (TPSA) is 117 Å². The number of carbonyl (C=O) groups is 2. The molecule has 3 unspecified atom stereocenters. The van der Waals surface area contributed by atoms with Gasteiger partial charge in [0.05, 0.1) is 5.41 Å². The number of nitrogens with zero attached hydrogens (tertiary/aromatic N) is 1. The summed E-state index contributed by atoms with van der Waals surface area (Å²) in [5.41, 5.74) is -2.45. The Balaban J connectivity index is 2.11. The van der Waals surface area contributed by atoms with E-state index in [-0.39, 0.29) is 17.8 Å². The molecule has 2 fully saturated rings. The van der Waals surface area contributed by atoms with Gasteiger partial charge >= 0.3 is 17.6 Å². The summed E-state index contributed by atoms with van der Waals surface area (Å²) >= 11 is 0. The first-order chi connectivity index (χ1) is 14.8. The number of H-pyrrole nitrogens is 1. The molecule has 1 aromatic heterocycles. The van der Waals surface area contributed by atoms with Crippen LogP contribution in [0.1, 0.15) is 72.6 Å². The van der Waals surface area contributed by atoms with Crippen LogP contribution in [0.15, 0.2) is 15.8 Å². The third-order valence-electron chi connectivity index (χ3n) is 6.77. The summed E-state index contributed by atoms with van der Waals surface area (Å²) in [5, 5.41) is 0. The number of nitrogens with one attached hydrogen (secondary N) is 1. The molecular formula is C23H34N2O7. The molecule has 0 bridgehead atoms. The minimum atomic E-state index is -0.965. The fourth-order valence-corrected chi connectivity index (χ4v) is 5.00. The van der Waals surface area contributed by atoms with Crippen molar-refractivity contribution < 1.29 is 23.8 Å². The Labute approximate surface area is 187 Å². The molecule has 1 saturated carbocycles. The van der Waals surface area contributed by atoms with Crippen LogP contribution < -0.4 is 11.2 Å². The number of hydrogen-bond acceptors (Lipinski definition) is 7. The molecule has 0 amide bonds. The van der Waals surface area contributed by atoms with Crippen molar-refractivity contribution in [3.8, 4) is 0 Å². The van der Waals surface area contributed by atoms with Gasteiger partial charge in [0, 0.05) is 24.6 Å². The van der Waals surface area contributed by atoms with E-state index in [0.29, 0.717) is 12.0 Å². The molecule has 2 heterocycles. The van der Waals surface area contributed by atoms with Crippen molar-refractivity contribution in [1.29, 1.82) is 0 Å². The van der Waals surface area contributed by atoms with Crippen LogP contribution in [0.4, 0.5) is 0 Å². The second-order valence-corrected chi connectivity index (χ2v) is 10.2. The number of aromatic nitrogens is 2. The molecule has 9 heteroatoms. The van der Waals surface area contributed by atoms with E-state index in [1.807, 2.05) is 13.8 Å². The lowest BCUT2D eigenvalue weighted by atomic mass is 9.67. The number of aromatic amines is 1. The molecule has 1 aliphatic heterocycles. The summed E-state index contributed by atoms with van der Waals surface area (Å²) in [6.45, 7) is 12.2. The number of esters is 2. The maximum atomic E-state index is 12.8. The highest BCUT2D eigenvalue weighted by molar-refractivity contribution is 5.75. The van der Waals surface area contributed by atoms with Gasteiger partial charge < -0.3 is 14.2 Å². The summed E-state index contributed by atoms with van der Waals surface area (Å²) in [6.07, 6.45) is 1.40. The van der Waals surface area contributed by atoms with Gasteiger partial charge in [-0.2, -0.15) is 0 Å². The molecule has 1 spiro atoms. The maximum absolute atomic E-state index is 12.8. The van der Waals surface area contributed by atoms with Crippen molar-refractivity contribution in [2.45, 2.75) is 91.8 Å². The van der Waals surface area contributed by atoms with Crippen LogP contribution in [0.2, 0.25) is 0 Å². The molecule has 1 aliphatic carbocycles. The van der Waals surface area contributed by atoms with E-state index in [2.05, 4.69) is 4.98 Å². The molecule has 2 aliphatic rings. The van der Waals surface area contributed by atoms with Gasteiger partial charge in [0.1, 0.15) is 11.7 Å². The molecule has 1 saturated heterocycles. The fraction of sp³-hybridized carbons (Fsp3) is 0.739. The predicted octanol–water partition coefficient (Wildman–Crippen LogP) is 2.46. The summed E-state index contributed by atoms with van der Waals surface area (Å²) < 4.78 is 19.5. The van der Waals surface area contributed by atoms with Crippen molar-refractivity contribution >= 4 is 11.9 Å². The Morgan fingerprint density at radius 1 is 1.19 bits per heavy atom. The normalized spacial score (nSPS) is 32.7. The first-order valence-corrected chi connectivity index (χ1v) is 11.2. The monoisotopic (exact) mass is 450 g/mol. The highest BCUT2D eigenvalue weighted by atomic mass is 16.6. The Morgan fingerprint density at radius 2 is 1.84 bits per heavy atom. The molecule has 1 aromatic rings. The lowest BCUT2D eigenvalue weighted by Crippen LogP contribution is -2.57. The van der Waals surface area contributed by atoms with Crippen LogP contribution in [0.3, 0.4) is 0 Å². The van der Waals surface area contributed by atoms with Gasteiger partial charge in [-0.05, 0) is 52.9 Å². The minimum absolute atomic E-state index is 0.0216. The number of ether oxygens (including phenoxy) is 3. The summed E-state index contributed by atoms with van der Waals surface area (Å²) in [6, 6.07) is 0. The van der Waals surface area contributed by atoms with Crippen molar-refractivity contribution in [2.24, 2.45) is 17.3 Å². The lowest BCUT2D eigenvalue weighted by Gasteiger charge is -2.47. The molecule has 178 valence electrons. The quantitative estimate of drug-likeness (QED) is 0.703. The van der Waals surface area contributed by atoms with E-state index in [1.165, 1.54) is 17.7 Å². The molecular weight excluding hydrogens is 416 g/mol. The Bertz CT molecular complexity index is 1000. The van der Waals surface area contributed by atoms with Gasteiger partial charge in [-0.15, -0.1) is 0 Å². The van der Waals surface area contributed by atoms with E-state index < -0.39 is 46.7 Å². The molecule has 9 nitrogen and oxygen atoms in total. The van der Waals surface area contributed by atoms with Crippen LogP contribution in [0.5, 0.6) is 0 Å². The van der Waals surface area contributed by atoms with Crippen molar-refractivity contribution in [1.82, 2.24) is 9.55 Å². The zero-order chi connectivity index (χ0) is 24.0. The Hall–Kier alpha value is -2.42. The van der Waals surface area contributed by atoms with Gasteiger partial charge in [0.25, 0.3) is 5.56 Å². The van der Waals surface area contributed by atoms with E-state index in [4.69, 9.17) is 14.2 Å². The van der Waals surface area contributed by atoms with Gasteiger partial charge in [-0.1, -0.05) is 13.8 Å². The highest BCUT2D eigenvalue weighted by Crippen LogP contribution is 2.54. The van der Waals surface area contributed by atoms with E-state index in [9.17, 15) is 19.2 Å². The summed E-state index contributed by atoms with van der Waals surface area (Å²) in [7, 11) is 0. The number of aryl methyl sites for hydroxylation is 1. The standard InChI is InChI=1S/C23H34N2O7/c1-12-11-25(21(29)24-18(12)27)19-17(30-15(4)26)14(3)23(32-19)13(2)9-8-10-16(23)31-20(28)22(5,6)7/h11,13-14,16-17,19H,8-10H2,1-7H3,(H,24,27,29)/t13?,14-,16+,17?,19-,23?/m1/s1. The van der Waals surface area contributed by atoms with E-state index in [0.717, 1.165) is 12.8 Å². The molecule has 3 rings (SSSR count).